The van der Waals surface area contributed by atoms with Crippen molar-refractivity contribution < 1.29 is 0 Å². The minimum atomic E-state index is 0.561. The maximum Gasteiger partial charge on any atom is 0.00775 e. The molecule has 0 aromatic heterocycles. The summed E-state index contributed by atoms with van der Waals surface area (Å²) in [4.78, 5) is 1.13. The van der Waals surface area contributed by atoms with E-state index in [-0.39, 0.29) is 0 Å². The molecule has 0 nitrogen and oxygen atoms in total. The van der Waals surface area contributed by atoms with Crippen LogP contribution in [0.3, 0.4) is 0 Å². The van der Waals surface area contributed by atoms with Crippen molar-refractivity contribution in [2.45, 2.75) is 44.4 Å². The van der Waals surface area contributed by atoms with E-state index in [0.29, 0.717) is 11.8 Å². The van der Waals surface area contributed by atoms with Gasteiger partial charge in [0.15, 0.2) is 0 Å². The molecule has 1 aromatic rings. The lowest BCUT2D eigenvalue weighted by Crippen LogP contribution is -1.99. The molecule has 0 spiro atoms. The molecule has 0 bridgehead atoms. The van der Waals surface area contributed by atoms with Crippen LogP contribution in [0.15, 0.2) is 23.1 Å². The summed E-state index contributed by atoms with van der Waals surface area (Å²) in [5, 5.41) is 0. The Morgan fingerprint density at radius 1 is 1.00 bits per heavy atom. The average Bonchev–Trinajstić information content (AvgIpc) is 2.02. The van der Waals surface area contributed by atoms with Gasteiger partial charge in [-0.2, -0.15) is 0 Å². The Kier molecular flexibility index (Phi) is 3.43. The largest absolute Gasteiger partial charge is 0.143 e. The Balaban J connectivity index is 3.26. The lowest BCUT2D eigenvalue weighted by atomic mass is 9.91. The monoisotopic (exact) mass is 194 g/mol. The predicted octanol–water partition coefficient (Wildman–Crippen LogP) is 4.22. The Morgan fingerprint density at radius 2 is 1.62 bits per heavy atom. The Morgan fingerprint density at radius 3 is 2.00 bits per heavy atom. The highest BCUT2D eigenvalue weighted by Crippen LogP contribution is 2.30. The summed E-state index contributed by atoms with van der Waals surface area (Å²) in [7, 11) is 0. The summed E-state index contributed by atoms with van der Waals surface area (Å²) in [6, 6.07) is 6.37. The van der Waals surface area contributed by atoms with Crippen LogP contribution in [0.4, 0.5) is 0 Å². The van der Waals surface area contributed by atoms with Gasteiger partial charge in [-0.05, 0) is 29.0 Å². The number of thiol groups is 1. The second-order valence-corrected chi connectivity index (χ2v) is 4.57. The van der Waals surface area contributed by atoms with Crippen LogP contribution in [0.25, 0.3) is 0 Å². The smallest absolute Gasteiger partial charge is 0.00775 e. The van der Waals surface area contributed by atoms with Crippen molar-refractivity contribution in [3.63, 3.8) is 0 Å². The molecule has 0 unspecified atom stereocenters. The highest BCUT2D eigenvalue weighted by Gasteiger charge is 2.11. The van der Waals surface area contributed by atoms with Crippen LogP contribution in [0.2, 0.25) is 0 Å². The fraction of sp³-hybridized carbons (Fsp3) is 0.500. The van der Waals surface area contributed by atoms with Gasteiger partial charge >= 0.3 is 0 Å². The molecule has 0 amide bonds. The Hall–Kier alpha value is -0.430. The molecule has 0 aliphatic rings. The zero-order chi connectivity index (χ0) is 10.0. The van der Waals surface area contributed by atoms with Gasteiger partial charge in [0, 0.05) is 4.90 Å². The van der Waals surface area contributed by atoms with Crippen molar-refractivity contribution in [3.8, 4) is 0 Å². The first-order chi connectivity index (χ1) is 6.04. The molecule has 0 N–H and O–H groups in total. The van der Waals surface area contributed by atoms with E-state index in [2.05, 4.69) is 58.5 Å². The minimum Gasteiger partial charge on any atom is -0.143 e. The quantitative estimate of drug-likeness (QED) is 0.669. The van der Waals surface area contributed by atoms with Crippen molar-refractivity contribution in [2.75, 3.05) is 0 Å². The summed E-state index contributed by atoms with van der Waals surface area (Å²) >= 11 is 4.50. The van der Waals surface area contributed by atoms with Crippen molar-refractivity contribution in [2.24, 2.45) is 0 Å². The molecule has 0 heterocycles. The summed E-state index contributed by atoms with van der Waals surface area (Å²) in [6.07, 6.45) is 0. The second-order valence-electron chi connectivity index (χ2n) is 4.09. The molecule has 72 valence electrons. The molecule has 0 fully saturated rings. The van der Waals surface area contributed by atoms with E-state index >= 15 is 0 Å². The topological polar surface area (TPSA) is 0 Å². The predicted molar refractivity (Wildman–Crippen MR) is 61.9 cm³/mol. The molecular weight excluding hydrogens is 176 g/mol. The highest BCUT2D eigenvalue weighted by atomic mass is 32.1. The van der Waals surface area contributed by atoms with E-state index in [1.54, 1.807) is 0 Å². The van der Waals surface area contributed by atoms with Crippen molar-refractivity contribution in [1.29, 1.82) is 0 Å². The normalized spacial score (nSPS) is 11.3. The Bertz CT molecular complexity index is 287. The van der Waals surface area contributed by atoms with Gasteiger partial charge in [0.1, 0.15) is 0 Å². The van der Waals surface area contributed by atoms with Crippen molar-refractivity contribution in [1.82, 2.24) is 0 Å². The van der Waals surface area contributed by atoms with Crippen molar-refractivity contribution >= 4 is 12.6 Å². The molecule has 1 rings (SSSR count). The zero-order valence-corrected chi connectivity index (χ0v) is 9.73. The molecule has 1 heteroatoms. The number of hydrogen-bond donors (Lipinski definition) is 1. The van der Waals surface area contributed by atoms with Crippen LogP contribution in [0.1, 0.15) is 50.7 Å². The lowest BCUT2D eigenvalue weighted by Gasteiger charge is -2.17. The standard InChI is InChI=1S/C12H18S/c1-8(2)10-6-5-7-11(13)12(10)9(3)4/h5-9,13H,1-4H3. The van der Waals surface area contributed by atoms with Crippen molar-refractivity contribution in [3.05, 3.63) is 29.3 Å². The fourth-order valence-corrected chi connectivity index (χ4v) is 2.18. The molecule has 0 aliphatic carbocycles. The first-order valence-corrected chi connectivity index (χ1v) is 5.30. The first-order valence-electron chi connectivity index (χ1n) is 4.85. The third-order valence-electron chi connectivity index (χ3n) is 2.32. The van der Waals surface area contributed by atoms with Gasteiger partial charge < -0.3 is 0 Å². The van der Waals surface area contributed by atoms with Gasteiger partial charge in [-0.1, -0.05) is 39.8 Å². The fourth-order valence-electron chi connectivity index (χ4n) is 1.70. The van der Waals surface area contributed by atoms with Gasteiger partial charge in [-0.15, -0.1) is 12.6 Å². The summed E-state index contributed by atoms with van der Waals surface area (Å²) in [5.74, 6) is 1.15. The molecule has 13 heavy (non-hydrogen) atoms. The van der Waals surface area contributed by atoms with Crippen LogP contribution in [-0.4, -0.2) is 0 Å². The first kappa shape index (κ1) is 10.6. The van der Waals surface area contributed by atoms with Gasteiger partial charge in [0.2, 0.25) is 0 Å². The van der Waals surface area contributed by atoms with Gasteiger partial charge in [0.05, 0.1) is 0 Å². The number of benzene rings is 1. The highest BCUT2D eigenvalue weighted by molar-refractivity contribution is 7.80. The van der Waals surface area contributed by atoms with E-state index in [4.69, 9.17) is 0 Å². The lowest BCUT2D eigenvalue weighted by molar-refractivity contribution is 0.773. The second kappa shape index (κ2) is 4.19. The average molecular weight is 194 g/mol. The summed E-state index contributed by atoms with van der Waals surface area (Å²) < 4.78 is 0. The SMILES string of the molecule is CC(C)c1cccc(S)c1C(C)C. The Labute approximate surface area is 86.8 Å². The van der Waals surface area contributed by atoms with Crippen LogP contribution >= 0.6 is 12.6 Å². The molecular formula is C12H18S. The van der Waals surface area contributed by atoms with E-state index in [0.717, 1.165) is 4.90 Å². The molecule has 0 radical (unpaired) electrons. The van der Waals surface area contributed by atoms with E-state index < -0.39 is 0 Å². The summed E-state index contributed by atoms with van der Waals surface area (Å²) in [6.45, 7) is 8.91. The van der Waals surface area contributed by atoms with Crippen LogP contribution in [-0.2, 0) is 0 Å². The molecule has 0 saturated carbocycles. The van der Waals surface area contributed by atoms with Crippen LogP contribution < -0.4 is 0 Å². The third-order valence-corrected chi connectivity index (χ3v) is 2.71. The maximum atomic E-state index is 4.50. The third kappa shape index (κ3) is 2.28. The molecule has 0 aliphatic heterocycles. The van der Waals surface area contributed by atoms with Gasteiger partial charge in [-0.3, -0.25) is 0 Å². The zero-order valence-electron chi connectivity index (χ0n) is 8.83. The number of hydrogen-bond acceptors (Lipinski definition) is 1. The minimum absolute atomic E-state index is 0.561. The van der Waals surface area contributed by atoms with E-state index in [1.807, 2.05) is 0 Å². The van der Waals surface area contributed by atoms with E-state index in [1.165, 1.54) is 11.1 Å². The van der Waals surface area contributed by atoms with Gasteiger partial charge in [-0.25, -0.2) is 0 Å². The number of rotatable bonds is 2. The molecule has 0 atom stereocenters. The van der Waals surface area contributed by atoms with Crippen LogP contribution in [0.5, 0.6) is 0 Å². The molecule has 0 saturated heterocycles. The van der Waals surface area contributed by atoms with Gasteiger partial charge in [0.25, 0.3) is 0 Å². The molecule has 1 aromatic carbocycles. The summed E-state index contributed by atoms with van der Waals surface area (Å²) in [5.41, 5.74) is 2.84. The maximum absolute atomic E-state index is 4.50. The van der Waals surface area contributed by atoms with E-state index in [9.17, 15) is 0 Å². The van der Waals surface area contributed by atoms with Crippen LogP contribution in [0, 0.1) is 0 Å².